The zero-order valence-corrected chi connectivity index (χ0v) is 12.7. The smallest absolute Gasteiger partial charge is 0.337 e. The van der Waals surface area contributed by atoms with Gasteiger partial charge in [0.2, 0.25) is 5.92 Å². The van der Waals surface area contributed by atoms with Crippen molar-refractivity contribution in [2.24, 2.45) is 5.41 Å². The largest absolute Gasteiger partial charge is 0.465 e. The summed E-state index contributed by atoms with van der Waals surface area (Å²) in [7, 11) is 1.35. The Morgan fingerprint density at radius 1 is 1.23 bits per heavy atom. The Morgan fingerprint density at radius 2 is 1.95 bits per heavy atom. The van der Waals surface area contributed by atoms with Crippen LogP contribution in [0, 0.1) is 5.41 Å². The van der Waals surface area contributed by atoms with E-state index < -0.39 is 5.92 Å². The van der Waals surface area contributed by atoms with Crippen LogP contribution in [0.25, 0.3) is 0 Å². The molecular weight excluding hydrogens is 288 g/mol. The van der Waals surface area contributed by atoms with Gasteiger partial charge >= 0.3 is 5.97 Å². The van der Waals surface area contributed by atoms with Crippen LogP contribution in [0.4, 0.5) is 8.78 Å². The lowest BCUT2D eigenvalue weighted by Crippen LogP contribution is -2.38. The molecule has 2 fully saturated rings. The fourth-order valence-corrected chi connectivity index (χ4v) is 3.88. The number of alkyl halides is 2. The van der Waals surface area contributed by atoms with Crippen LogP contribution in [0.1, 0.15) is 54.1 Å². The van der Waals surface area contributed by atoms with Gasteiger partial charge in [-0.15, -0.1) is 0 Å². The highest BCUT2D eigenvalue weighted by atomic mass is 19.3. The molecule has 1 saturated carbocycles. The van der Waals surface area contributed by atoms with E-state index in [4.69, 9.17) is 0 Å². The Balaban J connectivity index is 1.74. The predicted octanol–water partition coefficient (Wildman–Crippen LogP) is 3.70. The van der Waals surface area contributed by atoms with Crippen LogP contribution in [-0.4, -0.2) is 25.5 Å². The maximum Gasteiger partial charge on any atom is 0.337 e. The molecule has 1 heterocycles. The van der Waals surface area contributed by atoms with Crippen LogP contribution in [-0.2, 0) is 4.74 Å². The van der Waals surface area contributed by atoms with E-state index in [9.17, 15) is 13.6 Å². The lowest BCUT2D eigenvalue weighted by atomic mass is 9.73. The van der Waals surface area contributed by atoms with Crippen LogP contribution >= 0.6 is 0 Å². The standard InChI is InChI=1S/C17H21F2NO2/c1-22-15(21)13-4-2-12(3-5-13)14-10-16(8-9-20-14)6-7-17(18,19)11-16/h2-5,14,20H,6-11H2,1H3/t14-,16-/m1/s1. The van der Waals surface area contributed by atoms with E-state index in [1.165, 1.54) is 7.11 Å². The second-order valence-electron chi connectivity index (χ2n) is 6.61. The fourth-order valence-electron chi connectivity index (χ4n) is 3.88. The molecule has 22 heavy (non-hydrogen) atoms. The van der Waals surface area contributed by atoms with Crippen molar-refractivity contribution in [3.63, 3.8) is 0 Å². The van der Waals surface area contributed by atoms with Crippen LogP contribution < -0.4 is 5.32 Å². The summed E-state index contributed by atoms with van der Waals surface area (Å²) in [5.41, 5.74) is 1.31. The summed E-state index contributed by atoms with van der Waals surface area (Å²) in [4.78, 5) is 11.5. The summed E-state index contributed by atoms with van der Waals surface area (Å²) in [6.45, 7) is 0.763. The molecule has 1 aromatic rings. The molecule has 1 N–H and O–H groups in total. The molecule has 1 aliphatic carbocycles. The quantitative estimate of drug-likeness (QED) is 0.847. The van der Waals surface area contributed by atoms with Crippen LogP contribution in [0.3, 0.4) is 0 Å². The van der Waals surface area contributed by atoms with E-state index in [2.05, 4.69) is 10.1 Å². The molecule has 0 radical (unpaired) electrons. The first kappa shape index (κ1) is 15.4. The van der Waals surface area contributed by atoms with Gasteiger partial charge in [-0.2, -0.15) is 0 Å². The molecule has 1 aliphatic heterocycles. The van der Waals surface area contributed by atoms with Crippen molar-refractivity contribution in [1.82, 2.24) is 5.32 Å². The van der Waals surface area contributed by atoms with E-state index in [0.29, 0.717) is 12.0 Å². The minimum absolute atomic E-state index is 0.0123. The van der Waals surface area contributed by atoms with Crippen molar-refractivity contribution < 1.29 is 18.3 Å². The normalized spacial score (nSPS) is 30.4. The van der Waals surface area contributed by atoms with Gasteiger partial charge in [0, 0.05) is 18.9 Å². The number of carbonyl (C=O) groups excluding carboxylic acids is 1. The van der Waals surface area contributed by atoms with Crippen LogP contribution in [0.2, 0.25) is 0 Å². The van der Waals surface area contributed by atoms with Gasteiger partial charge in [0.1, 0.15) is 0 Å². The maximum absolute atomic E-state index is 13.6. The molecule has 0 aromatic heterocycles. The van der Waals surface area contributed by atoms with Crippen molar-refractivity contribution in [1.29, 1.82) is 0 Å². The molecule has 2 atom stereocenters. The number of methoxy groups -OCH3 is 1. The molecule has 1 saturated heterocycles. The average molecular weight is 309 g/mol. The number of carbonyl (C=O) groups is 1. The fraction of sp³-hybridized carbons (Fsp3) is 0.588. The third-order valence-electron chi connectivity index (χ3n) is 5.07. The Kier molecular flexibility index (Phi) is 3.93. The molecule has 1 spiro atoms. The Hall–Kier alpha value is -1.49. The molecule has 0 bridgehead atoms. The van der Waals surface area contributed by atoms with E-state index in [1.807, 2.05) is 12.1 Å². The van der Waals surface area contributed by atoms with Gasteiger partial charge in [0.05, 0.1) is 12.7 Å². The summed E-state index contributed by atoms with van der Waals surface area (Å²) in [6, 6.07) is 7.31. The first-order valence-corrected chi connectivity index (χ1v) is 7.73. The number of ether oxygens (including phenoxy) is 1. The number of nitrogens with one attached hydrogen (secondary N) is 1. The van der Waals surface area contributed by atoms with Gasteiger partial charge in [0.15, 0.2) is 0 Å². The second-order valence-corrected chi connectivity index (χ2v) is 6.61. The maximum atomic E-state index is 13.6. The number of hydrogen-bond acceptors (Lipinski definition) is 3. The van der Waals surface area contributed by atoms with Gasteiger partial charge in [-0.3, -0.25) is 0 Å². The SMILES string of the molecule is COC(=O)c1ccc([C@H]2C[C@]3(CCN2)CCC(F)(F)C3)cc1. The molecule has 3 rings (SSSR count). The molecule has 0 amide bonds. The highest BCUT2D eigenvalue weighted by Gasteiger charge is 2.50. The van der Waals surface area contributed by atoms with Gasteiger partial charge in [-0.05, 0) is 48.9 Å². The predicted molar refractivity (Wildman–Crippen MR) is 79.0 cm³/mol. The van der Waals surface area contributed by atoms with Crippen molar-refractivity contribution in [2.45, 2.75) is 44.1 Å². The van der Waals surface area contributed by atoms with E-state index in [0.717, 1.165) is 24.9 Å². The lowest BCUT2D eigenvalue weighted by molar-refractivity contribution is -0.00992. The number of benzene rings is 1. The number of esters is 1. The minimum atomic E-state index is -2.50. The first-order chi connectivity index (χ1) is 10.4. The third-order valence-corrected chi connectivity index (χ3v) is 5.07. The number of halogens is 2. The molecule has 0 unspecified atom stereocenters. The second kappa shape index (κ2) is 5.61. The third kappa shape index (κ3) is 3.00. The highest BCUT2D eigenvalue weighted by molar-refractivity contribution is 5.89. The molecule has 120 valence electrons. The lowest BCUT2D eigenvalue weighted by Gasteiger charge is -2.39. The summed E-state index contributed by atoms with van der Waals surface area (Å²) >= 11 is 0. The van der Waals surface area contributed by atoms with Gasteiger partial charge < -0.3 is 10.1 Å². The highest BCUT2D eigenvalue weighted by Crippen LogP contribution is 2.54. The van der Waals surface area contributed by atoms with E-state index in [1.54, 1.807) is 12.1 Å². The van der Waals surface area contributed by atoms with E-state index >= 15 is 0 Å². The van der Waals surface area contributed by atoms with Crippen LogP contribution in [0.15, 0.2) is 24.3 Å². The molecule has 5 heteroatoms. The minimum Gasteiger partial charge on any atom is -0.465 e. The monoisotopic (exact) mass is 309 g/mol. The molecule has 1 aromatic carbocycles. The molecular formula is C17H21F2NO2. The molecule has 2 aliphatic rings. The van der Waals surface area contributed by atoms with Crippen LogP contribution in [0.5, 0.6) is 0 Å². The Morgan fingerprint density at radius 3 is 2.55 bits per heavy atom. The van der Waals surface area contributed by atoms with Gasteiger partial charge in [-0.25, -0.2) is 13.6 Å². The number of piperidine rings is 1. The Labute approximate surface area is 129 Å². The number of hydrogen-bond donors (Lipinski definition) is 1. The van der Waals surface area contributed by atoms with E-state index in [-0.39, 0.29) is 30.3 Å². The first-order valence-electron chi connectivity index (χ1n) is 7.73. The van der Waals surface area contributed by atoms with Crippen molar-refractivity contribution in [2.75, 3.05) is 13.7 Å². The Bertz CT molecular complexity index is 558. The van der Waals surface area contributed by atoms with Crippen molar-refractivity contribution >= 4 is 5.97 Å². The van der Waals surface area contributed by atoms with Crippen molar-refractivity contribution in [3.05, 3.63) is 35.4 Å². The summed E-state index contributed by atoms with van der Waals surface area (Å²) in [5.74, 6) is -2.87. The summed E-state index contributed by atoms with van der Waals surface area (Å²) < 4.78 is 31.9. The summed E-state index contributed by atoms with van der Waals surface area (Å²) in [6.07, 6.45) is 2.19. The van der Waals surface area contributed by atoms with Gasteiger partial charge in [0.25, 0.3) is 0 Å². The average Bonchev–Trinajstić information content (AvgIpc) is 2.81. The molecule has 3 nitrogen and oxygen atoms in total. The zero-order valence-electron chi connectivity index (χ0n) is 12.7. The van der Waals surface area contributed by atoms with Crippen molar-refractivity contribution in [3.8, 4) is 0 Å². The summed E-state index contributed by atoms with van der Waals surface area (Å²) in [5, 5.41) is 3.42. The topological polar surface area (TPSA) is 38.3 Å². The zero-order chi connectivity index (χ0) is 15.8. The van der Waals surface area contributed by atoms with Gasteiger partial charge in [-0.1, -0.05) is 12.1 Å². The number of rotatable bonds is 2.